The molecular weight excluding hydrogens is 192 g/mol. The summed E-state index contributed by atoms with van der Waals surface area (Å²) in [5.41, 5.74) is -1.07. The van der Waals surface area contributed by atoms with Gasteiger partial charge in [-0.2, -0.15) is 0 Å². The molecule has 3 heteroatoms. The van der Waals surface area contributed by atoms with Gasteiger partial charge in [0, 0.05) is 12.3 Å². The minimum Gasteiger partial charge on any atom is -0.458 e. The van der Waals surface area contributed by atoms with Crippen molar-refractivity contribution in [2.45, 2.75) is 51.0 Å². The monoisotopic (exact) mass is 208 g/mol. The Hall–Kier alpha value is -0.860. The lowest BCUT2D eigenvalue weighted by molar-refractivity contribution is -0.154. The molecule has 0 radical (unpaired) electrons. The van der Waals surface area contributed by atoms with Crippen LogP contribution in [0.25, 0.3) is 0 Å². The first-order chi connectivity index (χ1) is 7.09. The molecule has 0 spiro atoms. The van der Waals surface area contributed by atoms with E-state index in [-0.39, 0.29) is 23.3 Å². The lowest BCUT2D eigenvalue weighted by Crippen LogP contribution is -2.50. The highest BCUT2D eigenvalue weighted by atomic mass is 16.6. The fourth-order valence-electron chi connectivity index (χ4n) is 3.82. The van der Waals surface area contributed by atoms with Crippen LogP contribution in [0.4, 0.5) is 0 Å². The average Bonchev–Trinajstić information content (AvgIpc) is 2.41. The van der Waals surface area contributed by atoms with Crippen molar-refractivity contribution in [1.82, 2.24) is 0 Å². The van der Waals surface area contributed by atoms with Crippen LogP contribution in [0.15, 0.2) is 0 Å². The number of hydrogen-bond acceptors (Lipinski definition) is 3. The first-order valence-corrected chi connectivity index (χ1v) is 5.86. The smallest absolute Gasteiger partial charge is 0.320 e. The van der Waals surface area contributed by atoms with Crippen molar-refractivity contribution >= 4 is 11.8 Å². The zero-order valence-electron chi connectivity index (χ0n) is 9.04. The summed E-state index contributed by atoms with van der Waals surface area (Å²) < 4.78 is 5.59. The first-order valence-electron chi connectivity index (χ1n) is 5.86. The lowest BCUT2D eigenvalue weighted by Gasteiger charge is -2.43. The Bertz CT molecular complexity index is 349. The summed E-state index contributed by atoms with van der Waals surface area (Å²) in [6.45, 7) is 1.80. The maximum Gasteiger partial charge on any atom is 0.320 e. The van der Waals surface area contributed by atoms with Crippen molar-refractivity contribution in [2.75, 3.05) is 0 Å². The van der Waals surface area contributed by atoms with Crippen molar-refractivity contribution in [2.24, 2.45) is 11.3 Å². The van der Waals surface area contributed by atoms with E-state index in [2.05, 4.69) is 0 Å². The molecule has 2 aliphatic carbocycles. The van der Waals surface area contributed by atoms with Gasteiger partial charge in [0.05, 0.1) is 0 Å². The van der Waals surface area contributed by atoms with Crippen molar-refractivity contribution in [3.8, 4) is 0 Å². The highest BCUT2D eigenvalue weighted by Gasteiger charge is 2.68. The van der Waals surface area contributed by atoms with Crippen LogP contribution in [0.5, 0.6) is 0 Å². The standard InChI is InChI=1S/C12H16O3/c1-11-8-4-2-3-6-12(8,15-10(11)14)7-5-9(11)13/h8H,2-7H2,1H3/t8-,11?,12-/m0/s1. The summed E-state index contributed by atoms with van der Waals surface area (Å²) in [5.74, 6) is 0.0110. The number of ketones is 1. The highest BCUT2D eigenvalue weighted by Crippen LogP contribution is 2.58. The van der Waals surface area contributed by atoms with Gasteiger partial charge in [-0.15, -0.1) is 0 Å². The molecule has 0 aromatic rings. The van der Waals surface area contributed by atoms with Crippen LogP contribution >= 0.6 is 0 Å². The molecular formula is C12H16O3. The third-order valence-electron chi connectivity index (χ3n) is 4.75. The molecule has 0 N–H and O–H groups in total. The molecule has 3 atom stereocenters. The topological polar surface area (TPSA) is 43.4 Å². The van der Waals surface area contributed by atoms with Gasteiger partial charge in [-0.1, -0.05) is 6.42 Å². The van der Waals surface area contributed by atoms with Gasteiger partial charge in [0.15, 0.2) is 0 Å². The highest BCUT2D eigenvalue weighted by molar-refractivity contribution is 6.06. The Morgan fingerprint density at radius 3 is 2.87 bits per heavy atom. The van der Waals surface area contributed by atoms with Crippen LogP contribution in [0.2, 0.25) is 0 Å². The molecule has 3 fully saturated rings. The minimum absolute atomic E-state index is 0.104. The van der Waals surface area contributed by atoms with Gasteiger partial charge in [-0.3, -0.25) is 9.59 Å². The number of Topliss-reactive ketones (excluding diaryl/α,β-unsaturated/α-hetero) is 1. The van der Waals surface area contributed by atoms with E-state index < -0.39 is 5.41 Å². The van der Waals surface area contributed by atoms with Crippen LogP contribution in [-0.2, 0) is 14.3 Å². The van der Waals surface area contributed by atoms with Gasteiger partial charge < -0.3 is 4.74 Å². The van der Waals surface area contributed by atoms with Gasteiger partial charge in [-0.05, 0) is 32.6 Å². The molecule has 1 unspecified atom stereocenters. The van der Waals surface area contributed by atoms with Crippen molar-refractivity contribution < 1.29 is 14.3 Å². The van der Waals surface area contributed by atoms with Crippen LogP contribution in [0, 0.1) is 11.3 Å². The first kappa shape index (κ1) is 9.37. The van der Waals surface area contributed by atoms with Gasteiger partial charge in [0.1, 0.15) is 16.8 Å². The second-order valence-corrected chi connectivity index (χ2v) is 5.38. The van der Waals surface area contributed by atoms with Crippen LogP contribution in [-0.4, -0.2) is 17.4 Å². The summed E-state index contributed by atoms with van der Waals surface area (Å²) in [6.07, 6.45) is 5.50. The van der Waals surface area contributed by atoms with Crippen LogP contribution < -0.4 is 0 Å². The molecule has 1 aliphatic heterocycles. The van der Waals surface area contributed by atoms with Gasteiger partial charge in [-0.25, -0.2) is 0 Å². The SMILES string of the molecule is CC12C(=O)CC[C@]3(CCCC[C@@H]13)OC2=O. The van der Waals surface area contributed by atoms with Gasteiger partial charge >= 0.3 is 5.97 Å². The molecule has 3 nitrogen and oxygen atoms in total. The normalized spacial score (nSPS) is 48.7. The molecule has 2 saturated carbocycles. The van der Waals surface area contributed by atoms with E-state index in [1.54, 1.807) is 6.92 Å². The fraction of sp³-hybridized carbons (Fsp3) is 0.833. The fourth-order valence-corrected chi connectivity index (χ4v) is 3.82. The molecule has 2 bridgehead atoms. The van der Waals surface area contributed by atoms with Crippen molar-refractivity contribution in [3.63, 3.8) is 0 Å². The lowest BCUT2D eigenvalue weighted by atomic mass is 9.57. The summed E-state index contributed by atoms with van der Waals surface area (Å²) in [5, 5.41) is 0. The van der Waals surface area contributed by atoms with E-state index in [0.717, 1.165) is 32.1 Å². The quantitative estimate of drug-likeness (QED) is 0.450. The van der Waals surface area contributed by atoms with Gasteiger partial charge in [0.25, 0.3) is 0 Å². The number of ether oxygens (including phenoxy) is 1. The summed E-state index contributed by atoms with van der Waals surface area (Å²) in [7, 11) is 0. The number of carbonyl (C=O) groups is 2. The van der Waals surface area contributed by atoms with E-state index >= 15 is 0 Å². The largest absolute Gasteiger partial charge is 0.458 e. The Morgan fingerprint density at radius 1 is 1.27 bits per heavy atom. The van der Waals surface area contributed by atoms with Crippen LogP contribution in [0.3, 0.4) is 0 Å². The molecule has 0 aromatic heterocycles. The Labute approximate surface area is 89.2 Å². The van der Waals surface area contributed by atoms with E-state index in [9.17, 15) is 9.59 Å². The zero-order chi connectivity index (χ0) is 10.7. The van der Waals surface area contributed by atoms with Gasteiger partial charge in [0.2, 0.25) is 0 Å². The van der Waals surface area contributed by atoms with E-state index in [0.29, 0.717) is 6.42 Å². The molecule has 82 valence electrons. The minimum atomic E-state index is -0.807. The maximum absolute atomic E-state index is 11.9. The second kappa shape index (κ2) is 2.63. The summed E-state index contributed by atoms with van der Waals surface area (Å²) in [6, 6.07) is 0. The molecule has 1 saturated heterocycles. The zero-order valence-corrected chi connectivity index (χ0v) is 9.04. The number of hydrogen-bond donors (Lipinski definition) is 0. The molecule has 3 rings (SSSR count). The summed E-state index contributed by atoms with van der Waals surface area (Å²) in [4.78, 5) is 23.8. The third kappa shape index (κ3) is 0.918. The van der Waals surface area contributed by atoms with Crippen molar-refractivity contribution in [3.05, 3.63) is 0 Å². The van der Waals surface area contributed by atoms with E-state index in [1.807, 2.05) is 0 Å². The van der Waals surface area contributed by atoms with Crippen LogP contribution in [0.1, 0.15) is 45.4 Å². The second-order valence-electron chi connectivity index (χ2n) is 5.38. The Kier molecular flexibility index (Phi) is 1.64. The predicted molar refractivity (Wildman–Crippen MR) is 53.1 cm³/mol. The predicted octanol–water partition coefficient (Wildman–Crippen LogP) is 1.84. The molecule has 3 aliphatic rings. The Morgan fingerprint density at radius 2 is 2.07 bits per heavy atom. The number of esters is 1. The molecule has 0 amide bonds. The molecule has 1 heterocycles. The third-order valence-corrected chi connectivity index (χ3v) is 4.75. The average molecular weight is 208 g/mol. The van der Waals surface area contributed by atoms with E-state index in [4.69, 9.17) is 4.74 Å². The Balaban J connectivity index is 2.11. The summed E-state index contributed by atoms with van der Waals surface area (Å²) >= 11 is 0. The number of carbonyl (C=O) groups excluding carboxylic acids is 2. The molecule has 0 aromatic carbocycles. The van der Waals surface area contributed by atoms with E-state index in [1.165, 1.54) is 0 Å². The maximum atomic E-state index is 11.9. The molecule has 15 heavy (non-hydrogen) atoms. The number of rotatable bonds is 0. The van der Waals surface area contributed by atoms with Crippen molar-refractivity contribution in [1.29, 1.82) is 0 Å².